The van der Waals surface area contributed by atoms with Crippen LogP contribution < -0.4 is 0 Å². The zero-order chi connectivity index (χ0) is 21.9. The van der Waals surface area contributed by atoms with E-state index in [9.17, 15) is 9.18 Å². The predicted octanol–water partition coefficient (Wildman–Crippen LogP) is 6.37. The van der Waals surface area contributed by atoms with Crippen LogP contribution in [-0.4, -0.2) is 33.4 Å². The van der Waals surface area contributed by atoms with Crippen LogP contribution >= 0.6 is 0 Å². The van der Waals surface area contributed by atoms with Crippen molar-refractivity contribution in [1.82, 2.24) is 14.5 Å². The Balaban J connectivity index is 1.31. The van der Waals surface area contributed by atoms with Crippen molar-refractivity contribution in [2.45, 2.75) is 63.8 Å². The van der Waals surface area contributed by atoms with Gasteiger partial charge < -0.3 is 9.47 Å². The second kappa shape index (κ2) is 9.43. The summed E-state index contributed by atoms with van der Waals surface area (Å²) in [5.74, 6) is 1.69. The largest absolute Gasteiger partial charge is 0.343 e. The lowest BCUT2D eigenvalue weighted by atomic mass is 9.86. The molecule has 0 N–H and O–H groups in total. The number of likely N-dealkylation sites (tertiary alicyclic amines) is 1. The number of piperidine rings is 1. The van der Waals surface area contributed by atoms with Gasteiger partial charge in [-0.2, -0.15) is 0 Å². The number of rotatable bonds is 5. The Hall–Kier alpha value is -2.69. The van der Waals surface area contributed by atoms with Crippen LogP contribution in [0, 0.1) is 11.7 Å². The molecule has 5 rings (SSSR count). The number of nitrogens with zero attached hydrogens (tertiary/aromatic N) is 3. The third-order valence-electron chi connectivity index (χ3n) is 7.36. The van der Waals surface area contributed by atoms with E-state index in [-0.39, 0.29) is 11.9 Å². The first-order valence-electron chi connectivity index (χ1n) is 12.2. The summed E-state index contributed by atoms with van der Waals surface area (Å²) in [6, 6.07) is 15.2. The van der Waals surface area contributed by atoms with Gasteiger partial charge in [0.2, 0.25) is 5.91 Å². The number of aromatic nitrogens is 2. The third kappa shape index (κ3) is 4.43. The van der Waals surface area contributed by atoms with Crippen molar-refractivity contribution in [3.05, 3.63) is 54.3 Å². The van der Waals surface area contributed by atoms with E-state index in [1.807, 2.05) is 23.1 Å². The van der Waals surface area contributed by atoms with Crippen molar-refractivity contribution in [3.63, 3.8) is 0 Å². The molecule has 2 fully saturated rings. The molecule has 2 aromatic carbocycles. The van der Waals surface area contributed by atoms with E-state index in [4.69, 9.17) is 4.98 Å². The van der Waals surface area contributed by atoms with Crippen LogP contribution in [0.1, 0.15) is 63.8 Å². The lowest BCUT2D eigenvalue weighted by Gasteiger charge is -2.34. The number of amides is 1. The minimum Gasteiger partial charge on any atom is -0.343 e. The molecule has 2 heterocycles. The van der Waals surface area contributed by atoms with E-state index >= 15 is 0 Å². The smallest absolute Gasteiger partial charge is 0.222 e. The average molecular weight is 434 g/mol. The molecule has 5 heteroatoms. The highest BCUT2D eigenvalue weighted by molar-refractivity contribution is 5.81. The summed E-state index contributed by atoms with van der Waals surface area (Å²) >= 11 is 0. The molecule has 1 saturated heterocycles. The normalized spacial score (nSPS) is 18.3. The topological polar surface area (TPSA) is 38.1 Å². The number of hydrogen-bond donors (Lipinski definition) is 0. The third-order valence-corrected chi connectivity index (χ3v) is 7.36. The van der Waals surface area contributed by atoms with Gasteiger partial charge in [0, 0.05) is 31.1 Å². The highest BCUT2D eigenvalue weighted by Gasteiger charge is 2.27. The van der Waals surface area contributed by atoms with Crippen LogP contribution in [0.5, 0.6) is 0 Å². The van der Waals surface area contributed by atoms with Crippen LogP contribution in [-0.2, 0) is 4.79 Å². The van der Waals surface area contributed by atoms with Gasteiger partial charge in [0.25, 0.3) is 0 Å². The van der Waals surface area contributed by atoms with E-state index in [1.54, 1.807) is 12.1 Å². The Labute approximate surface area is 189 Å². The number of carbonyl (C=O) groups is 1. The van der Waals surface area contributed by atoms with Crippen LogP contribution in [0.25, 0.3) is 22.4 Å². The van der Waals surface area contributed by atoms with Crippen molar-refractivity contribution in [1.29, 1.82) is 0 Å². The number of halogens is 1. The van der Waals surface area contributed by atoms with Crippen molar-refractivity contribution < 1.29 is 9.18 Å². The summed E-state index contributed by atoms with van der Waals surface area (Å²) in [6.45, 7) is 1.52. The molecule has 0 unspecified atom stereocenters. The average Bonchev–Trinajstić information content (AvgIpc) is 3.22. The van der Waals surface area contributed by atoms with Gasteiger partial charge in [-0.1, -0.05) is 62.4 Å². The second-order valence-electron chi connectivity index (χ2n) is 9.46. The molecule has 0 bridgehead atoms. The fourth-order valence-corrected chi connectivity index (χ4v) is 5.56. The Morgan fingerprint density at radius 1 is 0.969 bits per heavy atom. The Morgan fingerprint density at radius 3 is 2.47 bits per heavy atom. The summed E-state index contributed by atoms with van der Waals surface area (Å²) in [5.41, 5.74) is 2.69. The molecular weight excluding hydrogens is 401 g/mol. The molecule has 1 aliphatic carbocycles. The standard InChI is InChI=1S/C27H32FN3O/c28-22-12-13-24-25(19-22)31(27(29-24)21-9-5-2-6-10-21)23-15-17-30(18-16-23)26(32)14-11-20-7-3-1-4-8-20/h2,5-6,9-10,12-13,19-20,23H,1,3-4,7-8,11,14-18H2. The molecule has 1 saturated carbocycles. The van der Waals surface area contributed by atoms with Crippen molar-refractivity contribution in [3.8, 4) is 11.4 Å². The van der Waals surface area contributed by atoms with Gasteiger partial charge in [-0.15, -0.1) is 0 Å². The van der Waals surface area contributed by atoms with E-state index in [0.29, 0.717) is 12.3 Å². The second-order valence-corrected chi connectivity index (χ2v) is 9.46. The van der Waals surface area contributed by atoms with Gasteiger partial charge >= 0.3 is 0 Å². The molecule has 1 aromatic heterocycles. The maximum absolute atomic E-state index is 14.1. The SMILES string of the molecule is O=C(CCC1CCCCC1)N1CCC(n2c(-c3ccccc3)nc3ccc(F)cc32)CC1. The highest BCUT2D eigenvalue weighted by Crippen LogP contribution is 2.34. The number of hydrogen-bond acceptors (Lipinski definition) is 2. The number of benzene rings is 2. The quantitative estimate of drug-likeness (QED) is 0.469. The molecule has 0 radical (unpaired) electrons. The molecule has 0 atom stereocenters. The summed E-state index contributed by atoms with van der Waals surface area (Å²) in [5, 5.41) is 0. The van der Waals surface area contributed by atoms with E-state index in [2.05, 4.69) is 16.7 Å². The summed E-state index contributed by atoms with van der Waals surface area (Å²) in [7, 11) is 0. The Morgan fingerprint density at radius 2 is 1.72 bits per heavy atom. The van der Waals surface area contributed by atoms with Crippen LogP contribution in [0.3, 0.4) is 0 Å². The first kappa shape index (κ1) is 21.2. The van der Waals surface area contributed by atoms with Crippen molar-refractivity contribution in [2.75, 3.05) is 13.1 Å². The first-order valence-corrected chi connectivity index (χ1v) is 12.2. The molecule has 4 nitrogen and oxygen atoms in total. The maximum atomic E-state index is 14.1. The minimum absolute atomic E-state index is 0.208. The molecule has 3 aromatic rings. The zero-order valence-electron chi connectivity index (χ0n) is 18.7. The van der Waals surface area contributed by atoms with E-state index < -0.39 is 0 Å². The summed E-state index contributed by atoms with van der Waals surface area (Å²) in [6.07, 6.45) is 10.1. The van der Waals surface area contributed by atoms with Gasteiger partial charge in [-0.25, -0.2) is 9.37 Å². The molecule has 0 spiro atoms. The molecular formula is C27H32FN3O. The first-order chi connectivity index (χ1) is 15.7. The summed E-state index contributed by atoms with van der Waals surface area (Å²) < 4.78 is 16.3. The van der Waals surface area contributed by atoms with Crippen LogP contribution in [0.15, 0.2) is 48.5 Å². The van der Waals surface area contributed by atoms with E-state index in [1.165, 1.54) is 38.2 Å². The Bertz CT molecular complexity index is 1060. The molecule has 2 aliphatic rings. The number of fused-ring (bicyclic) bond motifs is 1. The van der Waals surface area contributed by atoms with E-state index in [0.717, 1.165) is 60.7 Å². The lowest BCUT2D eigenvalue weighted by Crippen LogP contribution is -2.39. The number of imidazole rings is 1. The highest BCUT2D eigenvalue weighted by atomic mass is 19.1. The maximum Gasteiger partial charge on any atom is 0.222 e. The van der Waals surface area contributed by atoms with Gasteiger partial charge in [0.05, 0.1) is 11.0 Å². The zero-order valence-corrected chi connectivity index (χ0v) is 18.7. The minimum atomic E-state index is -0.242. The van der Waals surface area contributed by atoms with Crippen LogP contribution in [0.4, 0.5) is 4.39 Å². The number of carbonyl (C=O) groups excluding carboxylic acids is 1. The van der Waals surface area contributed by atoms with Crippen molar-refractivity contribution >= 4 is 16.9 Å². The molecule has 168 valence electrons. The lowest BCUT2D eigenvalue weighted by molar-refractivity contribution is -0.132. The van der Waals surface area contributed by atoms with Gasteiger partial charge in [0.1, 0.15) is 11.6 Å². The fourth-order valence-electron chi connectivity index (χ4n) is 5.56. The summed E-state index contributed by atoms with van der Waals surface area (Å²) in [4.78, 5) is 19.7. The molecule has 1 aliphatic heterocycles. The Kier molecular flexibility index (Phi) is 6.24. The van der Waals surface area contributed by atoms with Gasteiger partial charge in [-0.05, 0) is 43.4 Å². The van der Waals surface area contributed by atoms with Gasteiger partial charge in [-0.3, -0.25) is 4.79 Å². The molecule has 32 heavy (non-hydrogen) atoms. The predicted molar refractivity (Wildman–Crippen MR) is 126 cm³/mol. The molecule has 1 amide bonds. The van der Waals surface area contributed by atoms with Crippen LogP contribution in [0.2, 0.25) is 0 Å². The fraction of sp³-hybridized carbons (Fsp3) is 0.481. The monoisotopic (exact) mass is 433 g/mol. The van der Waals surface area contributed by atoms with Crippen molar-refractivity contribution in [2.24, 2.45) is 5.92 Å². The van der Waals surface area contributed by atoms with Gasteiger partial charge in [0.15, 0.2) is 0 Å².